The molecule has 0 aliphatic carbocycles. The summed E-state index contributed by atoms with van der Waals surface area (Å²) in [4.78, 5) is 10.9. The summed E-state index contributed by atoms with van der Waals surface area (Å²) in [6.45, 7) is 3.64. The maximum Gasteiger partial charge on any atom is 0.325 e. The third-order valence-electron chi connectivity index (χ3n) is 2.69. The number of aliphatic hydroxyl groups is 1. The lowest BCUT2D eigenvalue weighted by atomic mass is 9.81. The van der Waals surface area contributed by atoms with E-state index >= 15 is 0 Å². The van der Waals surface area contributed by atoms with Gasteiger partial charge < -0.3 is 15.9 Å². The van der Waals surface area contributed by atoms with E-state index in [4.69, 9.17) is 10.8 Å². The second-order valence-electron chi connectivity index (χ2n) is 4.45. The molecule has 4 heteroatoms. The average molecular weight is 223 g/mol. The monoisotopic (exact) mass is 223 g/mol. The highest BCUT2D eigenvalue weighted by Gasteiger charge is 2.26. The highest BCUT2D eigenvalue weighted by Crippen LogP contribution is 2.28. The molecule has 0 fully saturated rings. The van der Waals surface area contributed by atoms with Gasteiger partial charge in [0.2, 0.25) is 0 Å². The van der Waals surface area contributed by atoms with E-state index in [0.29, 0.717) is 5.56 Å². The predicted octanol–water partition coefficient (Wildman–Crippen LogP) is 1.04. The largest absolute Gasteiger partial charge is 0.480 e. The molecule has 0 amide bonds. The fourth-order valence-electron chi connectivity index (χ4n) is 1.60. The van der Waals surface area contributed by atoms with Crippen molar-refractivity contribution in [1.82, 2.24) is 0 Å². The molecular weight excluding hydrogens is 206 g/mol. The maximum absolute atomic E-state index is 10.9. The van der Waals surface area contributed by atoms with Crippen LogP contribution in [0.4, 0.5) is 0 Å². The van der Waals surface area contributed by atoms with Crippen molar-refractivity contribution >= 4 is 5.97 Å². The number of hydrogen-bond acceptors (Lipinski definition) is 3. The van der Waals surface area contributed by atoms with Gasteiger partial charge in [-0.25, -0.2) is 0 Å². The number of aliphatic carboxylic acids is 1. The quantitative estimate of drug-likeness (QED) is 0.712. The van der Waals surface area contributed by atoms with Crippen molar-refractivity contribution in [2.24, 2.45) is 5.73 Å². The molecule has 0 heterocycles. The molecule has 1 atom stereocenters. The van der Waals surface area contributed by atoms with Crippen LogP contribution in [-0.4, -0.2) is 22.8 Å². The average Bonchev–Trinajstić information content (AvgIpc) is 2.28. The van der Waals surface area contributed by atoms with Crippen molar-refractivity contribution in [2.45, 2.75) is 25.3 Å². The first kappa shape index (κ1) is 12.7. The Morgan fingerprint density at radius 3 is 2.50 bits per heavy atom. The van der Waals surface area contributed by atoms with Gasteiger partial charge in [0.15, 0.2) is 0 Å². The fraction of sp³-hybridized carbons (Fsp3) is 0.417. The van der Waals surface area contributed by atoms with Crippen molar-refractivity contribution in [3.63, 3.8) is 0 Å². The smallest absolute Gasteiger partial charge is 0.325 e. The summed E-state index contributed by atoms with van der Waals surface area (Å²) in [5.74, 6) is -1.07. The van der Waals surface area contributed by atoms with Crippen LogP contribution >= 0.6 is 0 Å². The lowest BCUT2D eigenvalue weighted by Crippen LogP contribution is -2.29. The van der Waals surface area contributed by atoms with Crippen LogP contribution in [0.5, 0.6) is 0 Å². The summed E-state index contributed by atoms with van der Waals surface area (Å²) in [6, 6.07) is 5.99. The topological polar surface area (TPSA) is 83.5 Å². The molecule has 0 saturated carbocycles. The number of carbonyl (C=O) groups is 1. The zero-order valence-corrected chi connectivity index (χ0v) is 9.47. The van der Waals surface area contributed by atoms with Gasteiger partial charge in [0, 0.05) is 5.41 Å². The van der Waals surface area contributed by atoms with Gasteiger partial charge in [0.25, 0.3) is 0 Å². The molecule has 0 bridgehead atoms. The van der Waals surface area contributed by atoms with Crippen LogP contribution in [0.1, 0.15) is 31.0 Å². The molecule has 0 radical (unpaired) electrons. The third-order valence-corrected chi connectivity index (χ3v) is 2.69. The molecule has 88 valence electrons. The van der Waals surface area contributed by atoms with Gasteiger partial charge in [-0.3, -0.25) is 4.79 Å². The molecule has 0 aliphatic rings. The summed E-state index contributed by atoms with van der Waals surface area (Å²) in [5.41, 5.74) is 6.43. The Kier molecular flexibility index (Phi) is 3.67. The van der Waals surface area contributed by atoms with Crippen LogP contribution in [0.3, 0.4) is 0 Å². The van der Waals surface area contributed by atoms with E-state index in [1.165, 1.54) is 0 Å². The second-order valence-corrected chi connectivity index (χ2v) is 4.45. The Labute approximate surface area is 94.7 Å². The molecular formula is C12H17NO3. The van der Waals surface area contributed by atoms with Crippen molar-refractivity contribution in [3.8, 4) is 0 Å². The minimum Gasteiger partial charge on any atom is -0.480 e. The first-order valence-corrected chi connectivity index (χ1v) is 5.09. The zero-order chi connectivity index (χ0) is 12.3. The molecule has 0 aromatic heterocycles. The Morgan fingerprint density at radius 2 is 2.00 bits per heavy atom. The lowest BCUT2D eigenvalue weighted by molar-refractivity contribution is -0.138. The summed E-state index contributed by atoms with van der Waals surface area (Å²) in [6.07, 6.45) is 0. The van der Waals surface area contributed by atoms with Gasteiger partial charge >= 0.3 is 5.97 Å². The van der Waals surface area contributed by atoms with E-state index in [0.717, 1.165) is 5.56 Å². The normalized spacial score (nSPS) is 13.5. The van der Waals surface area contributed by atoms with E-state index in [1.807, 2.05) is 19.9 Å². The van der Waals surface area contributed by atoms with Crippen LogP contribution in [0, 0.1) is 0 Å². The third kappa shape index (κ3) is 2.40. The summed E-state index contributed by atoms with van der Waals surface area (Å²) < 4.78 is 0. The van der Waals surface area contributed by atoms with Crippen LogP contribution in [0.15, 0.2) is 24.3 Å². The summed E-state index contributed by atoms with van der Waals surface area (Å²) in [5, 5.41) is 18.2. The van der Waals surface area contributed by atoms with Crippen LogP contribution < -0.4 is 5.73 Å². The number of carboxylic acid groups (broad SMARTS) is 1. The van der Waals surface area contributed by atoms with Gasteiger partial charge in [0.05, 0.1) is 6.61 Å². The standard InChI is InChI=1S/C12H17NO3/c1-12(2,7-14)9-6-4-3-5-8(9)10(13)11(15)16/h3-6,10,14H,7,13H2,1-2H3,(H,15,16). The number of aliphatic hydroxyl groups excluding tert-OH is 1. The SMILES string of the molecule is CC(C)(CO)c1ccccc1C(N)C(=O)O. The van der Waals surface area contributed by atoms with E-state index in [1.54, 1.807) is 18.2 Å². The first-order chi connectivity index (χ1) is 7.40. The molecule has 0 aliphatic heterocycles. The molecule has 1 unspecified atom stereocenters. The molecule has 4 N–H and O–H groups in total. The number of carboxylic acids is 1. The van der Waals surface area contributed by atoms with E-state index in [2.05, 4.69) is 0 Å². The number of nitrogens with two attached hydrogens (primary N) is 1. The highest BCUT2D eigenvalue weighted by molar-refractivity contribution is 5.76. The van der Waals surface area contributed by atoms with Gasteiger partial charge in [-0.2, -0.15) is 0 Å². The molecule has 1 aromatic rings. The zero-order valence-electron chi connectivity index (χ0n) is 9.47. The highest BCUT2D eigenvalue weighted by atomic mass is 16.4. The number of benzene rings is 1. The predicted molar refractivity (Wildman–Crippen MR) is 61.1 cm³/mol. The minimum atomic E-state index is -1.07. The Hall–Kier alpha value is -1.39. The first-order valence-electron chi connectivity index (χ1n) is 5.09. The van der Waals surface area contributed by atoms with E-state index in [-0.39, 0.29) is 6.61 Å². The Bertz CT molecular complexity index is 388. The summed E-state index contributed by atoms with van der Waals surface area (Å²) >= 11 is 0. The molecule has 0 saturated heterocycles. The second kappa shape index (κ2) is 4.63. The Balaban J connectivity index is 3.25. The van der Waals surface area contributed by atoms with Gasteiger partial charge in [-0.15, -0.1) is 0 Å². The van der Waals surface area contributed by atoms with Gasteiger partial charge in [0.1, 0.15) is 6.04 Å². The van der Waals surface area contributed by atoms with E-state index in [9.17, 15) is 9.90 Å². The lowest BCUT2D eigenvalue weighted by Gasteiger charge is -2.26. The van der Waals surface area contributed by atoms with Crippen LogP contribution in [-0.2, 0) is 10.2 Å². The van der Waals surface area contributed by atoms with Crippen LogP contribution in [0.2, 0.25) is 0 Å². The van der Waals surface area contributed by atoms with Gasteiger partial charge in [-0.05, 0) is 11.1 Å². The molecule has 1 rings (SSSR count). The van der Waals surface area contributed by atoms with Crippen molar-refractivity contribution in [3.05, 3.63) is 35.4 Å². The molecule has 0 spiro atoms. The van der Waals surface area contributed by atoms with E-state index < -0.39 is 17.4 Å². The number of hydrogen-bond donors (Lipinski definition) is 3. The van der Waals surface area contributed by atoms with Crippen molar-refractivity contribution < 1.29 is 15.0 Å². The van der Waals surface area contributed by atoms with Crippen molar-refractivity contribution in [2.75, 3.05) is 6.61 Å². The molecule has 1 aromatic carbocycles. The van der Waals surface area contributed by atoms with Crippen molar-refractivity contribution in [1.29, 1.82) is 0 Å². The van der Waals surface area contributed by atoms with Crippen LogP contribution in [0.25, 0.3) is 0 Å². The molecule has 4 nitrogen and oxygen atoms in total. The minimum absolute atomic E-state index is 0.0592. The Morgan fingerprint density at radius 1 is 1.44 bits per heavy atom. The van der Waals surface area contributed by atoms with Gasteiger partial charge in [-0.1, -0.05) is 38.1 Å². The maximum atomic E-state index is 10.9. The fourth-order valence-corrected chi connectivity index (χ4v) is 1.60. The number of rotatable bonds is 4. The summed E-state index contributed by atoms with van der Waals surface area (Å²) in [7, 11) is 0. The molecule has 16 heavy (non-hydrogen) atoms.